The zero-order chi connectivity index (χ0) is 24.3. The number of carbonyl (C=O) groups excluding carboxylic acids is 1. The van der Waals surface area contributed by atoms with Gasteiger partial charge >= 0.3 is 12.3 Å². The van der Waals surface area contributed by atoms with Gasteiger partial charge in [-0.3, -0.25) is 9.48 Å². The summed E-state index contributed by atoms with van der Waals surface area (Å²) in [4.78, 5) is 24.1. The van der Waals surface area contributed by atoms with Crippen molar-refractivity contribution in [2.24, 2.45) is 7.05 Å². The van der Waals surface area contributed by atoms with Crippen LogP contribution in [0.25, 0.3) is 0 Å². The Morgan fingerprint density at radius 2 is 1.73 bits per heavy atom. The summed E-state index contributed by atoms with van der Waals surface area (Å²) in [5.41, 5.74) is 3.03. The summed E-state index contributed by atoms with van der Waals surface area (Å²) >= 11 is 0. The highest BCUT2D eigenvalue weighted by Crippen LogP contribution is 2.24. The van der Waals surface area contributed by atoms with Gasteiger partial charge in [-0.2, -0.15) is 5.10 Å². The summed E-state index contributed by atoms with van der Waals surface area (Å²) in [6, 6.07) is 11.2. The predicted molar refractivity (Wildman–Crippen MR) is 113 cm³/mol. The molecule has 0 fully saturated rings. The van der Waals surface area contributed by atoms with Crippen LogP contribution in [0, 0.1) is 6.92 Å². The molecule has 2 aromatic carbocycles. The van der Waals surface area contributed by atoms with Gasteiger partial charge < -0.3 is 15.2 Å². The first kappa shape index (κ1) is 23.8. The first-order valence-corrected chi connectivity index (χ1v) is 9.96. The summed E-state index contributed by atoms with van der Waals surface area (Å²) < 4.78 is 42.5. The van der Waals surface area contributed by atoms with Gasteiger partial charge in [-0.15, -0.1) is 13.2 Å². The number of aromatic carboxylic acids is 1. The molecular weight excluding hydrogens is 439 g/mol. The second-order valence-corrected chi connectivity index (χ2v) is 7.52. The van der Waals surface area contributed by atoms with E-state index in [0.29, 0.717) is 22.5 Å². The molecule has 2 N–H and O–H groups in total. The molecule has 174 valence electrons. The number of amides is 1. The topological polar surface area (TPSA) is 93.5 Å². The molecule has 0 spiro atoms. The monoisotopic (exact) mass is 461 g/mol. The number of carboxylic acids is 1. The van der Waals surface area contributed by atoms with Gasteiger partial charge in [0.1, 0.15) is 5.75 Å². The molecular formula is C23H22F3N3O4. The van der Waals surface area contributed by atoms with Gasteiger partial charge in [0.15, 0.2) is 0 Å². The quantitative estimate of drug-likeness (QED) is 0.544. The minimum absolute atomic E-state index is 0.148. The number of alkyl halides is 3. The highest BCUT2D eigenvalue weighted by atomic mass is 19.4. The highest BCUT2D eigenvalue weighted by Gasteiger charge is 2.31. The Hall–Kier alpha value is -3.82. The van der Waals surface area contributed by atoms with Crippen molar-refractivity contribution < 1.29 is 32.6 Å². The number of hydrogen-bond acceptors (Lipinski definition) is 4. The Kier molecular flexibility index (Phi) is 6.75. The van der Waals surface area contributed by atoms with Crippen LogP contribution >= 0.6 is 0 Å². The summed E-state index contributed by atoms with van der Waals surface area (Å²) in [5.74, 6) is -1.72. The summed E-state index contributed by atoms with van der Waals surface area (Å²) in [6.45, 7) is 3.52. The maximum atomic E-state index is 13.1. The number of carboxylic acid groups (broad SMARTS) is 1. The Labute approximate surface area is 187 Å². The Balaban J connectivity index is 1.77. The molecule has 0 saturated carbocycles. The minimum Gasteiger partial charge on any atom is -0.478 e. The average Bonchev–Trinajstić information content (AvgIpc) is 3.01. The van der Waals surface area contributed by atoms with Crippen LogP contribution < -0.4 is 10.1 Å². The van der Waals surface area contributed by atoms with Crippen molar-refractivity contribution in [3.63, 3.8) is 0 Å². The van der Waals surface area contributed by atoms with Gasteiger partial charge in [-0.25, -0.2) is 4.79 Å². The third kappa shape index (κ3) is 5.91. The smallest absolute Gasteiger partial charge is 0.478 e. The molecule has 0 bridgehead atoms. The number of nitrogens with zero attached hydrogens (tertiary/aromatic N) is 2. The molecule has 1 atom stereocenters. The predicted octanol–water partition coefficient (Wildman–Crippen LogP) is 4.41. The molecule has 1 aromatic heterocycles. The molecule has 1 heterocycles. The second kappa shape index (κ2) is 9.35. The first-order chi connectivity index (χ1) is 15.4. The molecule has 10 heteroatoms. The molecule has 0 aliphatic carbocycles. The fourth-order valence-electron chi connectivity index (χ4n) is 3.36. The van der Waals surface area contributed by atoms with Crippen LogP contribution in [0.4, 0.5) is 13.2 Å². The van der Waals surface area contributed by atoms with E-state index in [-0.39, 0.29) is 23.6 Å². The maximum absolute atomic E-state index is 13.1. The molecule has 0 aliphatic heterocycles. The zero-order valence-corrected chi connectivity index (χ0v) is 18.1. The highest BCUT2D eigenvalue weighted by molar-refractivity contribution is 5.96. The second-order valence-electron chi connectivity index (χ2n) is 7.52. The number of hydrogen-bond donors (Lipinski definition) is 2. The van der Waals surface area contributed by atoms with Crippen molar-refractivity contribution in [2.75, 3.05) is 0 Å². The van der Waals surface area contributed by atoms with E-state index in [1.807, 2.05) is 0 Å². The largest absolute Gasteiger partial charge is 0.573 e. The molecule has 0 radical (unpaired) electrons. The third-order valence-corrected chi connectivity index (χ3v) is 5.17. The van der Waals surface area contributed by atoms with Crippen LogP contribution in [-0.2, 0) is 13.5 Å². The Morgan fingerprint density at radius 1 is 1.12 bits per heavy atom. The van der Waals surface area contributed by atoms with Crippen molar-refractivity contribution in [1.29, 1.82) is 0 Å². The SMILES string of the molecule is Cc1c(C(=O)N[C@@H](C)c2ccc(C(=O)O)cc2)c(Cc2ccc(OC(F)(F)F)cc2)nn1C. The lowest BCUT2D eigenvalue weighted by Crippen LogP contribution is -2.28. The number of aryl methyl sites for hydroxylation is 1. The van der Waals surface area contributed by atoms with Crippen LogP contribution in [0.5, 0.6) is 5.75 Å². The molecule has 0 saturated heterocycles. The number of rotatable bonds is 7. The normalized spacial score (nSPS) is 12.3. The van der Waals surface area contributed by atoms with E-state index in [2.05, 4.69) is 15.2 Å². The average molecular weight is 461 g/mol. The number of halogens is 3. The number of benzene rings is 2. The van der Waals surface area contributed by atoms with Crippen molar-refractivity contribution in [3.8, 4) is 5.75 Å². The minimum atomic E-state index is -4.77. The number of aromatic nitrogens is 2. The van der Waals surface area contributed by atoms with Gasteiger partial charge in [-0.05, 0) is 49.2 Å². The van der Waals surface area contributed by atoms with Gasteiger partial charge in [0.25, 0.3) is 5.91 Å². The summed E-state index contributed by atoms with van der Waals surface area (Å²) in [7, 11) is 1.70. The fourth-order valence-corrected chi connectivity index (χ4v) is 3.36. The third-order valence-electron chi connectivity index (χ3n) is 5.17. The van der Waals surface area contributed by atoms with Crippen LogP contribution in [0.2, 0.25) is 0 Å². The van der Waals surface area contributed by atoms with Gasteiger partial charge in [-0.1, -0.05) is 24.3 Å². The Morgan fingerprint density at radius 3 is 2.27 bits per heavy atom. The lowest BCUT2D eigenvalue weighted by atomic mass is 10.0. The van der Waals surface area contributed by atoms with E-state index in [0.717, 1.165) is 5.56 Å². The zero-order valence-electron chi connectivity index (χ0n) is 18.1. The molecule has 0 unspecified atom stereocenters. The molecule has 3 aromatic rings. The number of ether oxygens (including phenoxy) is 1. The lowest BCUT2D eigenvalue weighted by Gasteiger charge is -2.15. The van der Waals surface area contributed by atoms with Crippen LogP contribution in [0.15, 0.2) is 48.5 Å². The van der Waals surface area contributed by atoms with E-state index >= 15 is 0 Å². The van der Waals surface area contributed by atoms with Crippen molar-refractivity contribution >= 4 is 11.9 Å². The van der Waals surface area contributed by atoms with Crippen LogP contribution in [0.3, 0.4) is 0 Å². The Bertz CT molecular complexity index is 1150. The number of carbonyl (C=O) groups is 2. The number of nitrogens with one attached hydrogen (secondary N) is 1. The van der Waals surface area contributed by atoms with Crippen molar-refractivity contribution in [2.45, 2.75) is 32.7 Å². The van der Waals surface area contributed by atoms with Crippen LogP contribution in [-0.4, -0.2) is 33.1 Å². The molecule has 0 aliphatic rings. The summed E-state index contributed by atoms with van der Waals surface area (Å²) in [5, 5.41) is 16.3. The van der Waals surface area contributed by atoms with Crippen LogP contribution in [0.1, 0.15) is 56.2 Å². The van der Waals surface area contributed by atoms with E-state index in [1.54, 1.807) is 37.7 Å². The van der Waals surface area contributed by atoms with Crippen molar-refractivity contribution in [1.82, 2.24) is 15.1 Å². The van der Waals surface area contributed by atoms with E-state index in [9.17, 15) is 22.8 Å². The fraction of sp³-hybridized carbons (Fsp3) is 0.261. The lowest BCUT2D eigenvalue weighted by molar-refractivity contribution is -0.274. The van der Waals surface area contributed by atoms with E-state index < -0.39 is 18.4 Å². The molecule has 7 nitrogen and oxygen atoms in total. The molecule has 1 amide bonds. The first-order valence-electron chi connectivity index (χ1n) is 9.96. The molecule has 3 rings (SSSR count). The standard InChI is InChI=1S/C23H22F3N3O4/c1-13(16-6-8-17(9-7-16)22(31)32)27-21(30)20-14(2)29(3)28-19(20)12-15-4-10-18(11-5-15)33-23(24,25)26/h4-11,13H,12H2,1-3H3,(H,27,30)(H,31,32)/t13-/m0/s1. The van der Waals surface area contributed by atoms with E-state index in [1.165, 1.54) is 36.4 Å². The molecule has 33 heavy (non-hydrogen) atoms. The van der Waals surface area contributed by atoms with E-state index in [4.69, 9.17) is 5.11 Å². The van der Waals surface area contributed by atoms with Gasteiger partial charge in [0, 0.05) is 19.2 Å². The maximum Gasteiger partial charge on any atom is 0.573 e. The van der Waals surface area contributed by atoms with Gasteiger partial charge in [0.05, 0.1) is 22.9 Å². The van der Waals surface area contributed by atoms with Gasteiger partial charge in [0.2, 0.25) is 0 Å². The van der Waals surface area contributed by atoms with Crippen molar-refractivity contribution in [3.05, 3.63) is 82.2 Å². The summed E-state index contributed by atoms with van der Waals surface area (Å²) in [6.07, 6.45) is -4.53.